The molecule has 116 valence electrons. The quantitative estimate of drug-likeness (QED) is 0.591. The van der Waals surface area contributed by atoms with Crippen molar-refractivity contribution in [3.63, 3.8) is 0 Å². The Hall–Kier alpha value is -2.95. The molecule has 5 nitrogen and oxygen atoms in total. The Morgan fingerprint density at radius 2 is 1.70 bits per heavy atom. The SMILES string of the molecule is CC(C)n1ncc2cc(-c3ccc(C(=O)C(=O)O)cc3)ccc21. The molecule has 0 atom stereocenters. The van der Waals surface area contributed by atoms with Crippen molar-refractivity contribution in [2.45, 2.75) is 19.9 Å². The van der Waals surface area contributed by atoms with Crippen LogP contribution in [-0.2, 0) is 4.79 Å². The summed E-state index contributed by atoms with van der Waals surface area (Å²) in [5.74, 6) is -2.34. The number of fused-ring (bicyclic) bond motifs is 1. The Kier molecular flexibility index (Phi) is 3.70. The second-order valence-corrected chi connectivity index (χ2v) is 5.67. The van der Waals surface area contributed by atoms with Gasteiger partial charge in [-0.3, -0.25) is 9.48 Å². The molecule has 3 rings (SSSR count). The third-order valence-electron chi connectivity index (χ3n) is 3.76. The van der Waals surface area contributed by atoms with E-state index in [1.165, 1.54) is 12.1 Å². The van der Waals surface area contributed by atoms with Gasteiger partial charge in [0.1, 0.15) is 0 Å². The van der Waals surface area contributed by atoms with Crippen molar-refractivity contribution in [1.29, 1.82) is 0 Å². The molecule has 2 aromatic carbocycles. The lowest BCUT2D eigenvalue weighted by molar-refractivity contribution is -0.131. The number of hydrogen-bond acceptors (Lipinski definition) is 3. The number of carboxylic acid groups (broad SMARTS) is 1. The first-order valence-electron chi connectivity index (χ1n) is 7.32. The number of benzene rings is 2. The molecule has 0 aliphatic heterocycles. The number of ketones is 1. The molecule has 3 aromatic rings. The Morgan fingerprint density at radius 3 is 2.30 bits per heavy atom. The fourth-order valence-corrected chi connectivity index (χ4v) is 2.58. The molecule has 0 aliphatic rings. The van der Waals surface area contributed by atoms with E-state index in [9.17, 15) is 9.59 Å². The smallest absolute Gasteiger partial charge is 0.377 e. The van der Waals surface area contributed by atoms with Crippen molar-refractivity contribution in [2.24, 2.45) is 0 Å². The number of carbonyl (C=O) groups excluding carboxylic acids is 1. The summed E-state index contributed by atoms with van der Waals surface area (Å²) >= 11 is 0. The predicted molar refractivity (Wildman–Crippen MR) is 87.5 cm³/mol. The standard InChI is InChI=1S/C18H16N2O3/c1-11(2)20-16-8-7-14(9-15(16)10-19-20)12-3-5-13(6-4-12)17(21)18(22)23/h3-11H,1-2H3,(H,22,23). The number of aromatic nitrogens is 2. The van der Waals surface area contributed by atoms with E-state index in [-0.39, 0.29) is 5.56 Å². The zero-order valence-corrected chi connectivity index (χ0v) is 12.9. The first-order valence-corrected chi connectivity index (χ1v) is 7.32. The van der Waals surface area contributed by atoms with Crippen LogP contribution in [-0.4, -0.2) is 26.6 Å². The summed E-state index contributed by atoms with van der Waals surface area (Å²) in [7, 11) is 0. The lowest BCUT2D eigenvalue weighted by Gasteiger charge is -2.08. The highest BCUT2D eigenvalue weighted by molar-refractivity contribution is 6.39. The summed E-state index contributed by atoms with van der Waals surface area (Å²) < 4.78 is 1.97. The molecule has 1 heterocycles. The van der Waals surface area contributed by atoms with Crippen LogP contribution in [0, 0.1) is 0 Å². The maximum Gasteiger partial charge on any atom is 0.377 e. The van der Waals surface area contributed by atoms with Gasteiger partial charge in [-0.05, 0) is 37.1 Å². The van der Waals surface area contributed by atoms with Crippen LogP contribution in [0.2, 0.25) is 0 Å². The van der Waals surface area contributed by atoms with Crippen LogP contribution in [0.4, 0.5) is 0 Å². The molecule has 0 spiro atoms. The van der Waals surface area contributed by atoms with Gasteiger partial charge in [-0.2, -0.15) is 5.10 Å². The van der Waals surface area contributed by atoms with E-state index in [1.807, 2.05) is 29.1 Å². The number of aliphatic carboxylic acids is 1. The van der Waals surface area contributed by atoms with Crippen molar-refractivity contribution < 1.29 is 14.7 Å². The van der Waals surface area contributed by atoms with E-state index in [0.717, 1.165) is 22.0 Å². The maximum atomic E-state index is 11.4. The highest BCUT2D eigenvalue weighted by Gasteiger charge is 2.14. The topological polar surface area (TPSA) is 72.2 Å². The van der Waals surface area contributed by atoms with Crippen molar-refractivity contribution in [3.05, 3.63) is 54.2 Å². The summed E-state index contributed by atoms with van der Waals surface area (Å²) in [6, 6.07) is 12.9. The minimum atomic E-state index is -1.44. The third-order valence-corrected chi connectivity index (χ3v) is 3.76. The minimum Gasteiger partial charge on any atom is -0.475 e. The monoisotopic (exact) mass is 308 g/mol. The number of nitrogens with zero attached hydrogens (tertiary/aromatic N) is 2. The zero-order valence-electron chi connectivity index (χ0n) is 12.9. The maximum absolute atomic E-state index is 11.4. The zero-order chi connectivity index (χ0) is 16.6. The first kappa shape index (κ1) is 15.0. The normalized spacial score (nSPS) is 11.1. The van der Waals surface area contributed by atoms with Crippen molar-refractivity contribution >= 4 is 22.7 Å². The van der Waals surface area contributed by atoms with Gasteiger partial charge in [0.2, 0.25) is 0 Å². The van der Waals surface area contributed by atoms with E-state index in [1.54, 1.807) is 12.1 Å². The van der Waals surface area contributed by atoms with E-state index in [0.29, 0.717) is 6.04 Å². The fourth-order valence-electron chi connectivity index (χ4n) is 2.58. The van der Waals surface area contributed by atoms with Crippen molar-refractivity contribution in [3.8, 4) is 11.1 Å². The van der Waals surface area contributed by atoms with Crippen molar-refractivity contribution in [2.75, 3.05) is 0 Å². The molecule has 0 radical (unpaired) electrons. The molecule has 0 unspecified atom stereocenters. The molecule has 1 aromatic heterocycles. The molecular formula is C18H16N2O3. The average Bonchev–Trinajstić information content (AvgIpc) is 2.97. The minimum absolute atomic E-state index is 0.176. The van der Waals surface area contributed by atoms with E-state index >= 15 is 0 Å². The van der Waals surface area contributed by atoms with Gasteiger partial charge in [0.15, 0.2) is 0 Å². The number of rotatable bonds is 4. The Balaban J connectivity index is 1.97. The average molecular weight is 308 g/mol. The summed E-state index contributed by atoms with van der Waals surface area (Å²) in [5.41, 5.74) is 3.16. The van der Waals surface area contributed by atoms with Gasteiger partial charge in [0, 0.05) is 17.0 Å². The highest BCUT2D eigenvalue weighted by Crippen LogP contribution is 2.26. The summed E-state index contributed by atoms with van der Waals surface area (Å²) in [4.78, 5) is 22.1. The Morgan fingerprint density at radius 1 is 1.04 bits per heavy atom. The Bertz CT molecular complexity index is 892. The third kappa shape index (κ3) is 2.73. The number of carbonyl (C=O) groups is 2. The second-order valence-electron chi connectivity index (χ2n) is 5.67. The fraction of sp³-hybridized carbons (Fsp3) is 0.167. The molecule has 1 N–H and O–H groups in total. The van der Waals surface area contributed by atoms with Gasteiger partial charge in [0.05, 0.1) is 11.7 Å². The van der Waals surface area contributed by atoms with Crippen LogP contribution in [0.1, 0.15) is 30.2 Å². The van der Waals surface area contributed by atoms with Gasteiger partial charge in [-0.25, -0.2) is 4.79 Å². The predicted octanol–water partition coefficient (Wildman–Crippen LogP) is 3.55. The number of carboxylic acids is 1. The number of hydrogen-bond donors (Lipinski definition) is 1. The molecule has 0 amide bonds. The molecule has 0 saturated carbocycles. The largest absolute Gasteiger partial charge is 0.475 e. The molecule has 0 aliphatic carbocycles. The summed E-state index contributed by atoms with van der Waals surface area (Å²) in [5, 5.41) is 14.2. The van der Waals surface area contributed by atoms with E-state index in [2.05, 4.69) is 18.9 Å². The van der Waals surface area contributed by atoms with Crippen LogP contribution >= 0.6 is 0 Å². The Labute approximate surface area is 133 Å². The van der Waals surface area contributed by atoms with Crippen LogP contribution in [0.15, 0.2) is 48.7 Å². The van der Waals surface area contributed by atoms with Gasteiger partial charge in [-0.1, -0.05) is 30.3 Å². The van der Waals surface area contributed by atoms with E-state index in [4.69, 9.17) is 5.11 Å². The molecule has 23 heavy (non-hydrogen) atoms. The van der Waals surface area contributed by atoms with Crippen LogP contribution in [0.5, 0.6) is 0 Å². The molecule has 0 bridgehead atoms. The summed E-state index contributed by atoms with van der Waals surface area (Å²) in [6.45, 7) is 4.16. The van der Waals surface area contributed by atoms with Gasteiger partial charge >= 0.3 is 5.97 Å². The van der Waals surface area contributed by atoms with Gasteiger partial charge in [0.25, 0.3) is 5.78 Å². The lowest BCUT2D eigenvalue weighted by Crippen LogP contribution is -2.12. The van der Waals surface area contributed by atoms with Crippen molar-refractivity contribution in [1.82, 2.24) is 9.78 Å². The lowest BCUT2D eigenvalue weighted by atomic mass is 10.0. The summed E-state index contributed by atoms with van der Waals surface area (Å²) in [6.07, 6.45) is 1.83. The molecule has 5 heteroatoms. The molecular weight excluding hydrogens is 292 g/mol. The number of Topliss-reactive ketones (excluding diaryl/α,β-unsaturated/α-hetero) is 1. The van der Waals surface area contributed by atoms with Gasteiger partial charge < -0.3 is 5.11 Å². The molecule has 0 saturated heterocycles. The van der Waals surface area contributed by atoms with E-state index < -0.39 is 11.8 Å². The van der Waals surface area contributed by atoms with Gasteiger partial charge in [-0.15, -0.1) is 0 Å². The van der Waals surface area contributed by atoms with Crippen LogP contribution in [0.25, 0.3) is 22.0 Å². The second kappa shape index (κ2) is 5.68. The highest BCUT2D eigenvalue weighted by atomic mass is 16.4. The van der Waals surface area contributed by atoms with Crippen LogP contribution in [0.3, 0.4) is 0 Å². The first-order chi connectivity index (χ1) is 11.0. The van der Waals surface area contributed by atoms with Crippen LogP contribution < -0.4 is 0 Å². The molecule has 0 fully saturated rings.